The SMILES string of the molecule is CC[C@]12c3[nH]c4ccc(Cl)cc4c3CCN1C(=O)[C@@H](CC(=O)NCc1cccc(C(F)(F)F)c1)C[C@@H]2C(=O)N1CCN(C(=O)C2CC2)CC1. The van der Waals surface area contributed by atoms with Crippen LogP contribution in [0.1, 0.15) is 61.4 Å². The van der Waals surface area contributed by atoms with Crippen molar-refractivity contribution in [3.63, 3.8) is 0 Å². The molecule has 2 saturated heterocycles. The van der Waals surface area contributed by atoms with Crippen molar-refractivity contribution >= 4 is 46.1 Å². The number of rotatable bonds is 7. The van der Waals surface area contributed by atoms with Gasteiger partial charge in [0.2, 0.25) is 23.6 Å². The number of carbonyl (C=O) groups excluding carboxylic acids is 4. The minimum absolute atomic E-state index is 0.0974. The topological polar surface area (TPSA) is 106 Å². The van der Waals surface area contributed by atoms with Gasteiger partial charge >= 0.3 is 6.18 Å². The minimum Gasteiger partial charge on any atom is -0.356 e. The fraction of sp³-hybridized carbons (Fsp3) is 0.500. The lowest BCUT2D eigenvalue weighted by atomic mass is 9.65. The summed E-state index contributed by atoms with van der Waals surface area (Å²) >= 11 is 6.39. The van der Waals surface area contributed by atoms with E-state index in [-0.39, 0.29) is 48.6 Å². The number of piperidine rings is 1. The van der Waals surface area contributed by atoms with E-state index < -0.39 is 35.0 Å². The second kappa shape index (κ2) is 12.7. The van der Waals surface area contributed by atoms with Gasteiger partial charge in [-0.3, -0.25) is 19.2 Å². The maximum absolute atomic E-state index is 14.7. The highest BCUT2D eigenvalue weighted by molar-refractivity contribution is 6.31. The average Bonchev–Trinajstić information content (AvgIpc) is 3.88. The summed E-state index contributed by atoms with van der Waals surface area (Å²) in [7, 11) is 0. The van der Waals surface area contributed by atoms with Crippen LogP contribution in [0.3, 0.4) is 0 Å². The molecule has 1 aromatic heterocycles. The number of hydrogen-bond donors (Lipinski definition) is 2. The molecule has 2 N–H and O–H groups in total. The third-order valence-electron chi connectivity index (χ3n) is 10.9. The van der Waals surface area contributed by atoms with Gasteiger partial charge in [0.25, 0.3) is 0 Å². The maximum Gasteiger partial charge on any atom is 0.416 e. The Morgan fingerprint density at radius 3 is 2.39 bits per heavy atom. The molecule has 3 atom stereocenters. The molecule has 13 heteroatoms. The molecule has 0 bridgehead atoms. The summed E-state index contributed by atoms with van der Waals surface area (Å²) in [6.07, 6.45) is -1.75. The van der Waals surface area contributed by atoms with Crippen molar-refractivity contribution in [2.24, 2.45) is 17.8 Å². The number of nitrogens with zero attached hydrogens (tertiary/aromatic N) is 3. The minimum atomic E-state index is -4.51. The number of hydrogen-bond acceptors (Lipinski definition) is 4. The van der Waals surface area contributed by atoms with Gasteiger partial charge in [0.05, 0.1) is 17.0 Å². The summed E-state index contributed by atoms with van der Waals surface area (Å²) in [6.45, 7) is 3.88. The van der Waals surface area contributed by atoms with E-state index in [0.29, 0.717) is 50.6 Å². The number of amides is 4. The van der Waals surface area contributed by atoms with Crippen LogP contribution in [-0.4, -0.2) is 76.0 Å². The Morgan fingerprint density at radius 2 is 1.71 bits per heavy atom. The molecule has 0 spiro atoms. The van der Waals surface area contributed by atoms with Crippen LogP contribution in [0.25, 0.3) is 10.9 Å². The third kappa shape index (κ3) is 6.06. The van der Waals surface area contributed by atoms with Crippen molar-refractivity contribution in [2.45, 2.75) is 63.7 Å². The Morgan fingerprint density at radius 1 is 1.00 bits per heavy atom. The van der Waals surface area contributed by atoms with Gasteiger partial charge in [-0.05, 0) is 73.6 Å². The quantitative estimate of drug-likeness (QED) is 0.352. The van der Waals surface area contributed by atoms with Crippen molar-refractivity contribution in [3.05, 3.63) is 69.9 Å². The molecule has 3 aliphatic heterocycles. The van der Waals surface area contributed by atoms with E-state index in [2.05, 4.69) is 10.3 Å². The molecule has 4 heterocycles. The van der Waals surface area contributed by atoms with Crippen LogP contribution in [0, 0.1) is 17.8 Å². The van der Waals surface area contributed by atoms with E-state index in [1.54, 1.807) is 15.9 Å². The Bertz CT molecular complexity index is 1820. The highest BCUT2D eigenvalue weighted by Gasteiger charge is 2.59. The predicted molar refractivity (Wildman–Crippen MR) is 176 cm³/mol. The Balaban J connectivity index is 1.17. The van der Waals surface area contributed by atoms with Gasteiger partial charge in [0.15, 0.2) is 0 Å². The molecule has 4 aliphatic rings. The molecule has 49 heavy (non-hydrogen) atoms. The lowest BCUT2D eigenvalue weighted by molar-refractivity contribution is -0.168. The zero-order valence-corrected chi connectivity index (χ0v) is 28.0. The summed E-state index contributed by atoms with van der Waals surface area (Å²) in [5, 5.41) is 4.23. The van der Waals surface area contributed by atoms with E-state index in [4.69, 9.17) is 11.6 Å². The highest BCUT2D eigenvalue weighted by Crippen LogP contribution is 2.52. The molecule has 7 rings (SSSR count). The van der Waals surface area contributed by atoms with Crippen molar-refractivity contribution in [1.82, 2.24) is 25.0 Å². The fourth-order valence-corrected chi connectivity index (χ4v) is 8.45. The zero-order valence-electron chi connectivity index (χ0n) is 27.2. The smallest absolute Gasteiger partial charge is 0.356 e. The molecule has 1 aliphatic carbocycles. The van der Waals surface area contributed by atoms with Crippen LogP contribution in [0.15, 0.2) is 42.5 Å². The van der Waals surface area contributed by atoms with Gasteiger partial charge in [-0.15, -0.1) is 0 Å². The standard InChI is InChI=1S/C36H39ClF3N5O4/c1-2-35-28(34(49)44-14-12-43(13-15-44)32(47)22-6-7-22)17-23(18-30(46)41-20-21-4-3-5-24(16-21)36(38,39)40)33(48)45(35)11-10-26-27-19-25(37)8-9-29(27)42-31(26)35/h3-5,8-9,16,19,22-23,28,42H,2,6-7,10-15,17-18,20H2,1H3,(H,41,46)/t23-,28-,35+/m1/s1. The largest absolute Gasteiger partial charge is 0.416 e. The Labute approximate surface area is 287 Å². The van der Waals surface area contributed by atoms with Gasteiger partial charge in [0.1, 0.15) is 0 Å². The summed E-state index contributed by atoms with van der Waals surface area (Å²) in [5.74, 6) is -2.04. The predicted octanol–water partition coefficient (Wildman–Crippen LogP) is 5.25. The first-order valence-corrected chi connectivity index (χ1v) is 17.4. The first-order valence-electron chi connectivity index (χ1n) is 17.0. The van der Waals surface area contributed by atoms with Crippen LogP contribution in [0.5, 0.6) is 0 Å². The summed E-state index contributed by atoms with van der Waals surface area (Å²) in [5.41, 5.74) is 1.21. The fourth-order valence-electron chi connectivity index (χ4n) is 8.28. The molecule has 9 nitrogen and oxygen atoms in total. The molecule has 0 unspecified atom stereocenters. The van der Waals surface area contributed by atoms with Gasteiger partial charge in [-0.1, -0.05) is 30.7 Å². The van der Waals surface area contributed by atoms with E-state index in [1.807, 2.05) is 24.0 Å². The molecule has 0 radical (unpaired) electrons. The highest BCUT2D eigenvalue weighted by atomic mass is 35.5. The third-order valence-corrected chi connectivity index (χ3v) is 11.2. The summed E-state index contributed by atoms with van der Waals surface area (Å²) in [6, 6.07) is 10.4. The average molecular weight is 698 g/mol. The van der Waals surface area contributed by atoms with Crippen LogP contribution in [-0.2, 0) is 43.9 Å². The zero-order chi connectivity index (χ0) is 34.7. The maximum atomic E-state index is 14.7. The number of benzene rings is 2. The summed E-state index contributed by atoms with van der Waals surface area (Å²) in [4.78, 5) is 64.0. The van der Waals surface area contributed by atoms with Crippen LogP contribution >= 0.6 is 11.6 Å². The molecule has 3 aromatic rings. The van der Waals surface area contributed by atoms with E-state index in [1.165, 1.54) is 12.1 Å². The number of aromatic nitrogens is 1. The molecule has 3 fully saturated rings. The number of H-pyrrole nitrogens is 1. The van der Waals surface area contributed by atoms with Crippen molar-refractivity contribution < 1.29 is 32.3 Å². The van der Waals surface area contributed by atoms with E-state index >= 15 is 0 Å². The Kier molecular flexibility index (Phi) is 8.65. The molecule has 2 aromatic carbocycles. The first-order chi connectivity index (χ1) is 23.4. The molecular weight excluding hydrogens is 659 g/mol. The van der Waals surface area contributed by atoms with Crippen molar-refractivity contribution in [3.8, 4) is 0 Å². The van der Waals surface area contributed by atoms with E-state index in [9.17, 15) is 32.3 Å². The van der Waals surface area contributed by atoms with E-state index in [0.717, 1.165) is 47.1 Å². The van der Waals surface area contributed by atoms with Crippen molar-refractivity contribution in [2.75, 3.05) is 32.7 Å². The molecule has 260 valence electrons. The Hall–Kier alpha value is -4.06. The monoisotopic (exact) mass is 697 g/mol. The first kappa shape index (κ1) is 33.4. The number of alkyl halides is 3. The van der Waals surface area contributed by atoms with Gasteiger partial charge in [0, 0.05) is 79.1 Å². The number of halogens is 4. The number of carbonyl (C=O) groups is 4. The van der Waals surface area contributed by atoms with Gasteiger partial charge in [-0.25, -0.2) is 0 Å². The normalized spacial score (nSPS) is 24.1. The molecular formula is C36H39ClF3N5O4. The molecule has 1 saturated carbocycles. The van der Waals surface area contributed by atoms with Crippen molar-refractivity contribution in [1.29, 1.82) is 0 Å². The van der Waals surface area contributed by atoms with Gasteiger partial charge in [-0.2, -0.15) is 13.2 Å². The second-order valence-corrected chi connectivity index (χ2v) is 14.2. The second-order valence-electron chi connectivity index (χ2n) is 13.8. The van der Waals surface area contributed by atoms with Crippen LogP contribution < -0.4 is 5.32 Å². The lowest BCUT2D eigenvalue weighted by Gasteiger charge is -2.56. The summed E-state index contributed by atoms with van der Waals surface area (Å²) < 4.78 is 39.7. The number of aromatic amines is 1. The number of nitrogens with one attached hydrogen (secondary N) is 2. The molecule has 4 amide bonds. The number of fused-ring (bicyclic) bond motifs is 5. The van der Waals surface area contributed by atoms with Gasteiger partial charge < -0.3 is 25.0 Å². The lowest BCUT2D eigenvalue weighted by Crippen LogP contribution is -2.66. The number of piperazine rings is 1. The van der Waals surface area contributed by atoms with Crippen LogP contribution in [0.2, 0.25) is 5.02 Å². The van der Waals surface area contributed by atoms with Crippen LogP contribution in [0.4, 0.5) is 13.2 Å².